The number of nitrogens with zero attached hydrogens (tertiary/aromatic N) is 1. The number of dihydropyridines is 1. The van der Waals surface area contributed by atoms with Gasteiger partial charge in [-0.3, -0.25) is 0 Å². The van der Waals surface area contributed by atoms with Crippen LogP contribution in [0.1, 0.15) is 20.8 Å². The van der Waals surface area contributed by atoms with Crippen molar-refractivity contribution in [2.75, 3.05) is 13.7 Å². The van der Waals surface area contributed by atoms with E-state index in [2.05, 4.69) is 16.5 Å². The van der Waals surface area contributed by atoms with Crippen molar-refractivity contribution in [1.82, 2.24) is 5.32 Å². The molecule has 7 nitrogen and oxygen atoms in total. The molecule has 1 aromatic carbocycles. The SMILES string of the molecule is COC1=CC=C2C=C(C(C)Oc3cc(F)cc(O/N=C\[C@H]4COC(C)(C)O4)c3)C=CC2N1. The Morgan fingerprint density at radius 3 is 2.81 bits per heavy atom. The maximum absolute atomic E-state index is 14.1. The largest absolute Gasteiger partial charge is 0.486 e. The van der Waals surface area contributed by atoms with Crippen molar-refractivity contribution in [2.45, 2.75) is 44.8 Å². The van der Waals surface area contributed by atoms with E-state index in [0.717, 1.165) is 17.0 Å². The second kappa shape index (κ2) is 9.18. The molecule has 0 amide bonds. The number of benzene rings is 1. The Bertz CT molecular complexity index is 1010. The summed E-state index contributed by atoms with van der Waals surface area (Å²) in [6.45, 7) is 5.94. The van der Waals surface area contributed by atoms with Crippen LogP contribution in [0.2, 0.25) is 0 Å². The lowest BCUT2D eigenvalue weighted by Crippen LogP contribution is -2.33. The number of hydrogen-bond acceptors (Lipinski definition) is 7. The molecule has 0 radical (unpaired) electrons. The molecular formula is C24H27FN2O5. The van der Waals surface area contributed by atoms with E-state index in [9.17, 15) is 4.39 Å². The summed E-state index contributed by atoms with van der Waals surface area (Å²) < 4.78 is 36.4. The van der Waals surface area contributed by atoms with E-state index in [1.807, 2.05) is 45.1 Å². The Morgan fingerprint density at radius 2 is 2.06 bits per heavy atom. The quantitative estimate of drug-likeness (QED) is 0.509. The monoisotopic (exact) mass is 442 g/mol. The normalized spacial score (nSPS) is 24.7. The number of oxime groups is 1. The Labute approximate surface area is 186 Å². The minimum atomic E-state index is -0.652. The highest BCUT2D eigenvalue weighted by Gasteiger charge is 2.31. The number of rotatable bonds is 7. The molecule has 32 heavy (non-hydrogen) atoms. The number of methoxy groups -OCH3 is 1. The number of nitrogens with one attached hydrogen (secondary N) is 1. The van der Waals surface area contributed by atoms with Gasteiger partial charge in [0.05, 0.1) is 26.0 Å². The Morgan fingerprint density at radius 1 is 1.25 bits per heavy atom. The third-order valence-electron chi connectivity index (χ3n) is 5.16. The van der Waals surface area contributed by atoms with Crippen molar-refractivity contribution in [2.24, 2.45) is 5.16 Å². The average molecular weight is 442 g/mol. The summed E-state index contributed by atoms with van der Waals surface area (Å²) in [5, 5.41) is 7.17. The maximum Gasteiger partial charge on any atom is 0.187 e. The highest BCUT2D eigenvalue weighted by Crippen LogP contribution is 2.28. The molecule has 8 heteroatoms. The topological polar surface area (TPSA) is 70.5 Å². The molecular weight excluding hydrogens is 415 g/mol. The molecule has 2 aliphatic heterocycles. The van der Waals surface area contributed by atoms with Crippen LogP contribution in [-0.4, -0.2) is 44.0 Å². The molecule has 0 aromatic heterocycles. The smallest absolute Gasteiger partial charge is 0.187 e. The molecule has 1 saturated heterocycles. The predicted molar refractivity (Wildman–Crippen MR) is 118 cm³/mol. The van der Waals surface area contributed by atoms with Crippen molar-refractivity contribution in [3.05, 3.63) is 71.4 Å². The Hall–Kier alpha value is -3.10. The third kappa shape index (κ3) is 5.38. The standard InChI is InChI=1S/C24H27FN2O5/c1-15(16-5-7-22-17(9-16)6-8-23(27-22)28-4)30-19-10-18(25)11-20(12-19)32-26-13-21-14-29-24(2,3)31-21/h5-13,15,21-22,27H,14H2,1-4H3/b26-13-/t15?,21-,22?/m0/s1. The Kier molecular flexibility index (Phi) is 6.34. The summed E-state index contributed by atoms with van der Waals surface area (Å²) >= 11 is 0. The zero-order valence-corrected chi connectivity index (χ0v) is 18.5. The molecule has 1 aromatic rings. The second-order valence-corrected chi connectivity index (χ2v) is 8.12. The summed E-state index contributed by atoms with van der Waals surface area (Å²) in [6.07, 6.45) is 10.8. The van der Waals surface area contributed by atoms with Gasteiger partial charge in [0.25, 0.3) is 0 Å². The lowest BCUT2D eigenvalue weighted by Gasteiger charge is -2.27. The van der Waals surface area contributed by atoms with Crippen LogP contribution in [-0.2, 0) is 14.2 Å². The molecule has 1 N–H and O–H groups in total. The minimum Gasteiger partial charge on any atom is -0.486 e. The van der Waals surface area contributed by atoms with Gasteiger partial charge in [-0.1, -0.05) is 23.4 Å². The molecule has 0 spiro atoms. The number of ether oxygens (including phenoxy) is 4. The van der Waals surface area contributed by atoms with Gasteiger partial charge < -0.3 is 29.1 Å². The number of halogens is 1. The highest BCUT2D eigenvalue weighted by atomic mass is 19.1. The van der Waals surface area contributed by atoms with Crippen molar-refractivity contribution in [1.29, 1.82) is 0 Å². The van der Waals surface area contributed by atoms with E-state index >= 15 is 0 Å². The number of fused-ring (bicyclic) bond motifs is 1. The summed E-state index contributed by atoms with van der Waals surface area (Å²) in [7, 11) is 1.63. The van der Waals surface area contributed by atoms with E-state index < -0.39 is 11.6 Å². The zero-order valence-electron chi connectivity index (χ0n) is 18.5. The van der Waals surface area contributed by atoms with Crippen LogP contribution in [0.25, 0.3) is 0 Å². The molecule has 170 valence electrons. The molecule has 1 fully saturated rings. The molecule has 0 saturated carbocycles. The van der Waals surface area contributed by atoms with Gasteiger partial charge in [0.1, 0.15) is 23.8 Å². The first-order valence-corrected chi connectivity index (χ1v) is 10.4. The van der Waals surface area contributed by atoms with Gasteiger partial charge in [-0.2, -0.15) is 0 Å². The van der Waals surface area contributed by atoms with Crippen LogP contribution < -0.4 is 14.9 Å². The minimum absolute atomic E-state index is 0.0535. The molecule has 2 unspecified atom stereocenters. The summed E-state index contributed by atoms with van der Waals surface area (Å²) in [6, 6.07) is 4.21. The van der Waals surface area contributed by atoms with E-state index in [0.29, 0.717) is 12.4 Å². The number of allylic oxidation sites excluding steroid dienone is 2. The summed E-state index contributed by atoms with van der Waals surface area (Å²) in [4.78, 5) is 5.33. The summed E-state index contributed by atoms with van der Waals surface area (Å²) in [5.41, 5.74) is 2.06. The van der Waals surface area contributed by atoms with Crippen LogP contribution in [0.5, 0.6) is 11.5 Å². The Balaban J connectivity index is 1.40. The lowest BCUT2D eigenvalue weighted by atomic mass is 9.93. The van der Waals surface area contributed by atoms with Crippen molar-refractivity contribution < 1.29 is 28.2 Å². The van der Waals surface area contributed by atoms with E-state index in [1.165, 1.54) is 18.3 Å². The first-order chi connectivity index (χ1) is 15.3. The van der Waals surface area contributed by atoms with Crippen molar-refractivity contribution >= 4 is 6.21 Å². The van der Waals surface area contributed by atoms with Crippen LogP contribution >= 0.6 is 0 Å². The first kappa shape index (κ1) is 22.1. The van der Waals surface area contributed by atoms with Crippen LogP contribution in [0.15, 0.2) is 70.8 Å². The van der Waals surface area contributed by atoms with Gasteiger partial charge in [0, 0.05) is 18.2 Å². The van der Waals surface area contributed by atoms with Crippen molar-refractivity contribution in [3.63, 3.8) is 0 Å². The third-order valence-corrected chi connectivity index (χ3v) is 5.16. The highest BCUT2D eigenvalue weighted by molar-refractivity contribution is 5.63. The first-order valence-electron chi connectivity index (χ1n) is 10.4. The van der Waals surface area contributed by atoms with Gasteiger partial charge in [0.15, 0.2) is 17.4 Å². The van der Waals surface area contributed by atoms with Gasteiger partial charge in [0.2, 0.25) is 0 Å². The fourth-order valence-corrected chi connectivity index (χ4v) is 3.56. The van der Waals surface area contributed by atoms with Crippen molar-refractivity contribution in [3.8, 4) is 11.5 Å². The van der Waals surface area contributed by atoms with Gasteiger partial charge in [-0.15, -0.1) is 0 Å². The fourth-order valence-electron chi connectivity index (χ4n) is 3.56. The van der Waals surface area contributed by atoms with Crippen LogP contribution in [0, 0.1) is 5.82 Å². The van der Waals surface area contributed by atoms with Gasteiger partial charge in [-0.25, -0.2) is 4.39 Å². The molecule has 0 bridgehead atoms. The van der Waals surface area contributed by atoms with E-state index in [-0.39, 0.29) is 24.0 Å². The maximum atomic E-state index is 14.1. The van der Waals surface area contributed by atoms with Gasteiger partial charge >= 0.3 is 0 Å². The van der Waals surface area contributed by atoms with Crippen LogP contribution in [0.4, 0.5) is 4.39 Å². The fraction of sp³-hybridized carbons (Fsp3) is 0.375. The number of hydrogen-bond donors (Lipinski definition) is 1. The molecule has 4 rings (SSSR count). The molecule has 1 aliphatic carbocycles. The predicted octanol–water partition coefficient (Wildman–Crippen LogP) is 3.99. The van der Waals surface area contributed by atoms with Crippen LogP contribution in [0.3, 0.4) is 0 Å². The average Bonchev–Trinajstić information content (AvgIpc) is 3.11. The zero-order chi connectivity index (χ0) is 22.7. The second-order valence-electron chi connectivity index (χ2n) is 8.12. The molecule has 3 atom stereocenters. The molecule has 3 aliphatic rings. The van der Waals surface area contributed by atoms with Gasteiger partial charge in [-0.05, 0) is 44.1 Å². The lowest BCUT2D eigenvalue weighted by molar-refractivity contribution is -0.131. The summed E-state index contributed by atoms with van der Waals surface area (Å²) in [5.74, 6) is 0.159. The molecule has 2 heterocycles. The van der Waals surface area contributed by atoms with E-state index in [4.69, 9.17) is 23.8 Å². The van der Waals surface area contributed by atoms with E-state index in [1.54, 1.807) is 13.2 Å².